The van der Waals surface area contributed by atoms with Crippen LogP contribution in [0.25, 0.3) is 0 Å². The molecule has 4 rings (SSSR count). The molecule has 162 valence electrons. The lowest BCUT2D eigenvalue weighted by Crippen LogP contribution is -2.51. The Labute approximate surface area is 182 Å². The van der Waals surface area contributed by atoms with Gasteiger partial charge in [0, 0.05) is 5.92 Å². The van der Waals surface area contributed by atoms with Crippen LogP contribution in [0.3, 0.4) is 0 Å². The molecule has 1 aliphatic carbocycles. The summed E-state index contributed by atoms with van der Waals surface area (Å²) in [5.74, 6) is -0.371. The zero-order valence-corrected chi connectivity index (χ0v) is 17.6. The van der Waals surface area contributed by atoms with Crippen molar-refractivity contribution in [3.63, 3.8) is 0 Å². The van der Waals surface area contributed by atoms with Gasteiger partial charge in [-0.2, -0.15) is 0 Å². The summed E-state index contributed by atoms with van der Waals surface area (Å²) in [7, 11) is 0. The van der Waals surface area contributed by atoms with Crippen molar-refractivity contribution in [2.45, 2.75) is 56.5 Å². The fourth-order valence-corrected chi connectivity index (χ4v) is 4.71. The molecule has 6 heteroatoms. The summed E-state index contributed by atoms with van der Waals surface area (Å²) in [6.45, 7) is 0. The maximum absolute atomic E-state index is 13.1. The fourth-order valence-electron chi connectivity index (χ4n) is 4.71. The number of hydrogen-bond donors (Lipinski definition) is 3. The minimum atomic E-state index is -0.831. The van der Waals surface area contributed by atoms with Gasteiger partial charge in [-0.3, -0.25) is 14.9 Å². The molecule has 0 bridgehead atoms. The average Bonchev–Trinajstić information content (AvgIpc) is 3.07. The Morgan fingerprint density at radius 2 is 1.65 bits per heavy atom. The molecule has 1 unspecified atom stereocenters. The second-order valence-electron chi connectivity index (χ2n) is 8.61. The molecule has 1 saturated heterocycles. The topological polar surface area (TPSA) is 87.3 Å². The second-order valence-corrected chi connectivity index (χ2v) is 8.61. The number of nitrogens with one attached hydrogen (secondary N) is 3. The van der Waals surface area contributed by atoms with Crippen molar-refractivity contribution < 1.29 is 14.4 Å². The third kappa shape index (κ3) is 4.95. The highest BCUT2D eigenvalue weighted by molar-refractivity contribution is 6.07. The minimum Gasteiger partial charge on any atom is -0.349 e. The zero-order valence-electron chi connectivity index (χ0n) is 17.6. The van der Waals surface area contributed by atoms with Gasteiger partial charge in [-0.05, 0) is 56.1 Å². The van der Waals surface area contributed by atoms with Crippen molar-refractivity contribution in [1.82, 2.24) is 16.0 Å². The van der Waals surface area contributed by atoms with Crippen LogP contribution >= 0.6 is 0 Å². The van der Waals surface area contributed by atoms with Crippen molar-refractivity contribution >= 4 is 17.8 Å². The molecule has 1 aliphatic heterocycles. The molecule has 2 aromatic carbocycles. The molecule has 0 aromatic heterocycles. The standard InChI is InChI=1S/C25H29N3O3/c29-22(20-14-16-25(17-15-20)23(30)27-24(31)28-25)26-21(19-11-5-2-6-12-19)13-7-10-18-8-3-1-4-9-18/h1-6,8-9,11-12,20-21H,7,10,13-17H2,(H,26,29)(H2,27,28,30,31). The van der Waals surface area contributed by atoms with Gasteiger partial charge in [0.15, 0.2) is 0 Å². The summed E-state index contributed by atoms with van der Waals surface area (Å²) >= 11 is 0. The van der Waals surface area contributed by atoms with Crippen molar-refractivity contribution in [3.05, 3.63) is 71.8 Å². The number of hydrogen-bond acceptors (Lipinski definition) is 3. The van der Waals surface area contributed by atoms with E-state index < -0.39 is 11.6 Å². The largest absolute Gasteiger partial charge is 0.349 e. The zero-order chi connectivity index (χ0) is 21.7. The maximum atomic E-state index is 13.1. The Morgan fingerprint density at radius 3 is 2.26 bits per heavy atom. The lowest BCUT2D eigenvalue weighted by molar-refractivity contribution is -0.130. The molecule has 2 fully saturated rings. The van der Waals surface area contributed by atoms with E-state index in [9.17, 15) is 14.4 Å². The van der Waals surface area contributed by atoms with Crippen molar-refractivity contribution in [2.75, 3.05) is 0 Å². The highest BCUT2D eigenvalue weighted by atomic mass is 16.2. The van der Waals surface area contributed by atoms with E-state index in [-0.39, 0.29) is 23.8 Å². The number of amides is 4. The van der Waals surface area contributed by atoms with E-state index in [4.69, 9.17) is 0 Å². The summed E-state index contributed by atoms with van der Waals surface area (Å²) in [4.78, 5) is 36.7. The Kier molecular flexibility index (Phi) is 6.35. The second kappa shape index (κ2) is 9.33. The van der Waals surface area contributed by atoms with E-state index in [0.717, 1.165) is 24.8 Å². The molecule has 3 N–H and O–H groups in total. The third-order valence-corrected chi connectivity index (χ3v) is 6.54. The molecule has 1 saturated carbocycles. The van der Waals surface area contributed by atoms with Crippen molar-refractivity contribution in [3.8, 4) is 0 Å². The molecule has 1 atom stereocenters. The van der Waals surface area contributed by atoms with Gasteiger partial charge in [0.1, 0.15) is 5.54 Å². The van der Waals surface area contributed by atoms with Gasteiger partial charge in [0.25, 0.3) is 5.91 Å². The van der Waals surface area contributed by atoms with Gasteiger partial charge in [-0.15, -0.1) is 0 Å². The normalized spacial score (nSPS) is 23.8. The minimum absolute atomic E-state index is 0.0353. The van der Waals surface area contributed by atoms with E-state index in [1.165, 1.54) is 5.56 Å². The number of benzene rings is 2. The number of carbonyl (C=O) groups excluding carboxylic acids is 3. The van der Waals surface area contributed by atoms with Crippen LogP contribution in [0.2, 0.25) is 0 Å². The summed E-state index contributed by atoms with van der Waals surface area (Å²) in [6, 6.07) is 20.0. The van der Waals surface area contributed by atoms with Crippen LogP contribution < -0.4 is 16.0 Å². The van der Waals surface area contributed by atoms with Gasteiger partial charge >= 0.3 is 6.03 Å². The van der Waals surface area contributed by atoms with Gasteiger partial charge in [-0.1, -0.05) is 60.7 Å². The highest BCUT2D eigenvalue weighted by Crippen LogP contribution is 2.35. The number of aryl methyl sites for hydroxylation is 1. The molecule has 4 amide bonds. The van der Waals surface area contributed by atoms with Crippen LogP contribution in [0.1, 0.15) is 55.7 Å². The Hall–Kier alpha value is -3.15. The molecule has 2 aliphatic rings. The van der Waals surface area contributed by atoms with Crippen LogP contribution in [0.5, 0.6) is 0 Å². The Morgan fingerprint density at radius 1 is 1.00 bits per heavy atom. The Balaban J connectivity index is 1.36. The maximum Gasteiger partial charge on any atom is 0.322 e. The number of carbonyl (C=O) groups is 3. The average molecular weight is 420 g/mol. The smallest absolute Gasteiger partial charge is 0.322 e. The number of urea groups is 1. The van der Waals surface area contributed by atoms with E-state index in [0.29, 0.717) is 25.7 Å². The van der Waals surface area contributed by atoms with Crippen molar-refractivity contribution in [1.29, 1.82) is 0 Å². The monoisotopic (exact) mass is 419 g/mol. The first-order chi connectivity index (χ1) is 15.1. The van der Waals surface area contributed by atoms with Crippen LogP contribution in [-0.2, 0) is 16.0 Å². The molecule has 31 heavy (non-hydrogen) atoms. The lowest BCUT2D eigenvalue weighted by Gasteiger charge is -2.34. The number of imide groups is 1. The lowest BCUT2D eigenvalue weighted by atomic mass is 9.76. The summed E-state index contributed by atoms with van der Waals surface area (Å²) in [6.07, 6.45) is 4.97. The van der Waals surface area contributed by atoms with E-state index in [1.807, 2.05) is 24.3 Å². The first-order valence-electron chi connectivity index (χ1n) is 11.1. The van der Waals surface area contributed by atoms with Gasteiger partial charge < -0.3 is 10.6 Å². The Bertz CT molecular complexity index is 922. The van der Waals surface area contributed by atoms with Crippen LogP contribution in [-0.4, -0.2) is 23.4 Å². The third-order valence-electron chi connectivity index (χ3n) is 6.54. The van der Waals surface area contributed by atoms with Crippen LogP contribution in [0, 0.1) is 5.92 Å². The van der Waals surface area contributed by atoms with Gasteiger partial charge in [0.05, 0.1) is 6.04 Å². The number of rotatable bonds is 7. The predicted molar refractivity (Wildman–Crippen MR) is 118 cm³/mol. The molecule has 0 radical (unpaired) electrons. The summed E-state index contributed by atoms with van der Waals surface area (Å²) in [5.41, 5.74) is 1.58. The molecule has 1 spiro atoms. The summed E-state index contributed by atoms with van der Waals surface area (Å²) in [5, 5.41) is 8.34. The molecular weight excluding hydrogens is 390 g/mol. The van der Waals surface area contributed by atoms with Gasteiger partial charge in [0.2, 0.25) is 5.91 Å². The first-order valence-corrected chi connectivity index (χ1v) is 11.1. The molecule has 6 nitrogen and oxygen atoms in total. The van der Waals surface area contributed by atoms with E-state index in [2.05, 4.69) is 52.3 Å². The van der Waals surface area contributed by atoms with Gasteiger partial charge in [-0.25, -0.2) is 4.79 Å². The summed E-state index contributed by atoms with van der Waals surface area (Å²) < 4.78 is 0. The fraction of sp³-hybridized carbons (Fsp3) is 0.400. The van der Waals surface area contributed by atoms with Crippen molar-refractivity contribution in [2.24, 2.45) is 5.92 Å². The van der Waals surface area contributed by atoms with Crippen LogP contribution in [0.4, 0.5) is 4.79 Å². The predicted octanol–water partition coefficient (Wildman–Crippen LogP) is 3.64. The van der Waals surface area contributed by atoms with Crippen LogP contribution in [0.15, 0.2) is 60.7 Å². The van der Waals surface area contributed by atoms with E-state index >= 15 is 0 Å². The quantitative estimate of drug-likeness (QED) is 0.599. The molecule has 1 heterocycles. The molecular formula is C25H29N3O3. The highest BCUT2D eigenvalue weighted by Gasteiger charge is 2.48. The van der Waals surface area contributed by atoms with E-state index in [1.54, 1.807) is 0 Å². The first kappa shape index (κ1) is 21.1. The SMILES string of the molecule is O=C1NC(=O)C2(CCC(C(=O)NC(CCCc3ccccc3)c3ccccc3)CC2)N1. The molecule has 2 aromatic rings.